The lowest BCUT2D eigenvalue weighted by atomic mass is 10.3. The number of halogens is 3. The highest BCUT2D eigenvalue weighted by atomic mass is 35.6. The van der Waals surface area contributed by atoms with Crippen LogP contribution in [0.2, 0.25) is 0 Å². The monoisotopic (exact) mass is 350 g/mol. The lowest BCUT2D eigenvalue weighted by Crippen LogP contribution is -2.18. The Balaban J connectivity index is 1.68. The summed E-state index contributed by atoms with van der Waals surface area (Å²) in [4.78, 5) is 18.8. The highest BCUT2D eigenvalue weighted by Crippen LogP contribution is 2.26. The number of nitrogens with zero attached hydrogens (tertiary/aromatic N) is 1. The molecule has 2 aromatic rings. The Hall–Kier alpha value is -1.17. The first-order valence-corrected chi connectivity index (χ1v) is 7.37. The van der Waals surface area contributed by atoms with Gasteiger partial charge in [-0.05, 0) is 18.6 Å². The average molecular weight is 352 g/mol. The van der Waals surface area contributed by atoms with E-state index in [1.54, 1.807) is 0 Å². The van der Waals surface area contributed by atoms with Crippen LogP contribution in [0.15, 0.2) is 24.3 Å². The van der Waals surface area contributed by atoms with Crippen molar-refractivity contribution in [2.24, 2.45) is 0 Å². The van der Waals surface area contributed by atoms with Crippen LogP contribution in [0.1, 0.15) is 12.2 Å². The summed E-state index contributed by atoms with van der Waals surface area (Å²) < 4.78 is 7.85. The van der Waals surface area contributed by atoms with Crippen molar-refractivity contribution >= 4 is 52.0 Å². The molecular formula is C13H13Cl3N2O3. The molecule has 0 bridgehead atoms. The zero-order valence-corrected chi connectivity index (χ0v) is 13.2. The minimum absolute atomic E-state index is 0.204. The minimum Gasteiger partial charge on any atom is -0.434 e. The number of aromatic nitrogens is 2. The number of hydrogen-bond donors (Lipinski definition) is 1. The molecule has 2 rings (SSSR count). The zero-order valence-electron chi connectivity index (χ0n) is 10.9. The van der Waals surface area contributed by atoms with E-state index in [9.17, 15) is 4.79 Å². The number of nitrogens with one attached hydrogen (secondary N) is 1. The molecule has 0 saturated heterocycles. The summed E-state index contributed by atoms with van der Waals surface area (Å²) in [6.45, 7) is -0.143. The van der Waals surface area contributed by atoms with E-state index in [-0.39, 0.29) is 13.2 Å². The molecule has 0 atom stereocenters. The maximum Gasteiger partial charge on any atom is 0.508 e. The van der Waals surface area contributed by atoms with Crippen LogP contribution in [0.3, 0.4) is 0 Å². The molecule has 0 aliphatic rings. The second-order valence-electron chi connectivity index (χ2n) is 4.31. The van der Waals surface area contributed by atoms with Crippen molar-refractivity contribution in [3.05, 3.63) is 30.1 Å². The van der Waals surface area contributed by atoms with Gasteiger partial charge in [0.15, 0.2) is 0 Å². The number of ether oxygens (including phenoxy) is 2. The van der Waals surface area contributed by atoms with Crippen molar-refractivity contribution in [2.75, 3.05) is 13.2 Å². The number of hydrogen-bond acceptors (Lipinski definition) is 4. The van der Waals surface area contributed by atoms with Gasteiger partial charge in [-0.25, -0.2) is 9.78 Å². The highest BCUT2D eigenvalue weighted by Gasteiger charge is 2.22. The van der Waals surface area contributed by atoms with Crippen molar-refractivity contribution in [1.82, 2.24) is 9.97 Å². The first kappa shape index (κ1) is 16.2. The Morgan fingerprint density at radius 1 is 1.24 bits per heavy atom. The van der Waals surface area contributed by atoms with Gasteiger partial charge >= 0.3 is 6.16 Å². The van der Waals surface area contributed by atoms with Crippen LogP contribution in [0.4, 0.5) is 4.79 Å². The van der Waals surface area contributed by atoms with E-state index in [1.807, 2.05) is 24.3 Å². The third kappa shape index (κ3) is 5.61. The molecule has 114 valence electrons. The van der Waals surface area contributed by atoms with Gasteiger partial charge < -0.3 is 14.5 Å². The maximum absolute atomic E-state index is 11.2. The molecule has 0 radical (unpaired) electrons. The summed E-state index contributed by atoms with van der Waals surface area (Å²) in [6, 6.07) is 7.75. The maximum atomic E-state index is 11.2. The lowest BCUT2D eigenvalue weighted by molar-refractivity contribution is 0.0558. The predicted molar refractivity (Wildman–Crippen MR) is 82.0 cm³/mol. The van der Waals surface area contributed by atoms with Crippen LogP contribution >= 0.6 is 34.8 Å². The first-order valence-electron chi connectivity index (χ1n) is 6.24. The topological polar surface area (TPSA) is 64.2 Å². The number of H-pyrrole nitrogens is 1. The van der Waals surface area contributed by atoms with Crippen molar-refractivity contribution in [2.45, 2.75) is 16.6 Å². The fourth-order valence-electron chi connectivity index (χ4n) is 1.70. The van der Waals surface area contributed by atoms with Crippen LogP contribution in [-0.4, -0.2) is 33.1 Å². The Kier molecular flexibility index (Phi) is 5.56. The largest absolute Gasteiger partial charge is 0.508 e. The summed E-state index contributed by atoms with van der Waals surface area (Å²) >= 11 is 16.3. The molecular weight excluding hydrogens is 339 g/mol. The zero-order chi connectivity index (χ0) is 15.3. The van der Waals surface area contributed by atoms with Gasteiger partial charge in [0.25, 0.3) is 0 Å². The van der Waals surface area contributed by atoms with Gasteiger partial charge in [0.1, 0.15) is 12.4 Å². The van der Waals surface area contributed by atoms with E-state index in [2.05, 4.69) is 14.7 Å². The quantitative estimate of drug-likeness (QED) is 0.502. The normalized spacial score (nSPS) is 11.6. The number of aromatic amines is 1. The number of para-hydroxylation sites is 2. The van der Waals surface area contributed by atoms with E-state index in [0.717, 1.165) is 16.9 Å². The number of imidazole rings is 1. The third-order valence-electron chi connectivity index (χ3n) is 2.57. The van der Waals surface area contributed by atoms with Crippen molar-refractivity contribution in [3.63, 3.8) is 0 Å². The molecule has 0 saturated carbocycles. The molecule has 8 heteroatoms. The second-order valence-corrected chi connectivity index (χ2v) is 6.82. The SMILES string of the molecule is O=C(OCCCc1nc2ccccc2[nH]1)OCC(Cl)(Cl)Cl. The smallest absolute Gasteiger partial charge is 0.434 e. The molecule has 1 N–H and O–H groups in total. The number of carbonyl (C=O) groups is 1. The number of aryl methyl sites for hydroxylation is 1. The number of alkyl halides is 3. The van der Waals surface area contributed by atoms with Gasteiger partial charge in [0.2, 0.25) is 3.79 Å². The Morgan fingerprint density at radius 2 is 2.00 bits per heavy atom. The molecule has 0 fully saturated rings. The summed E-state index contributed by atoms with van der Waals surface area (Å²) in [5.74, 6) is 0.842. The molecule has 0 spiro atoms. The molecule has 21 heavy (non-hydrogen) atoms. The molecule has 0 unspecified atom stereocenters. The summed E-state index contributed by atoms with van der Waals surface area (Å²) in [5.41, 5.74) is 1.89. The van der Waals surface area contributed by atoms with E-state index >= 15 is 0 Å². The van der Waals surface area contributed by atoms with E-state index in [1.165, 1.54) is 0 Å². The third-order valence-corrected chi connectivity index (χ3v) is 2.90. The molecule has 5 nitrogen and oxygen atoms in total. The van der Waals surface area contributed by atoms with Crippen LogP contribution in [0.5, 0.6) is 0 Å². The van der Waals surface area contributed by atoms with Crippen LogP contribution in [-0.2, 0) is 15.9 Å². The molecule has 0 aliphatic heterocycles. The molecule has 1 aromatic carbocycles. The fraction of sp³-hybridized carbons (Fsp3) is 0.385. The lowest BCUT2D eigenvalue weighted by Gasteiger charge is -2.11. The molecule has 1 heterocycles. The van der Waals surface area contributed by atoms with Crippen LogP contribution in [0.25, 0.3) is 11.0 Å². The Bertz CT molecular complexity index is 577. The van der Waals surface area contributed by atoms with E-state index in [0.29, 0.717) is 12.8 Å². The summed E-state index contributed by atoms with van der Waals surface area (Å²) in [5, 5.41) is 0. The minimum atomic E-state index is -1.63. The van der Waals surface area contributed by atoms with Crippen molar-refractivity contribution in [1.29, 1.82) is 0 Å². The predicted octanol–water partition coefficient (Wildman–Crippen LogP) is 4.02. The molecule has 1 aromatic heterocycles. The van der Waals surface area contributed by atoms with E-state index < -0.39 is 9.95 Å². The van der Waals surface area contributed by atoms with Gasteiger partial charge in [-0.2, -0.15) is 0 Å². The second kappa shape index (κ2) is 7.20. The van der Waals surface area contributed by atoms with Gasteiger partial charge in [0, 0.05) is 6.42 Å². The van der Waals surface area contributed by atoms with Crippen LogP contribution < -0.4 is 0 Å². The number of carbonyl (C=O) groups excluding carboxylic acids is 1. The van der Waals surface area contributed by atoms with Crippen molar-refractivity contribution < 1.29 is 14.3 Å². The van der Waals surface area contributed by atoms with Gasteiger partial charge in [-0.3, -0.25) is 0 Å². The average Bonchev–Trinajstić information content (AvgIpc) is 2.83. The molecule has 0 amide bonds. The number of benzene rings is 1. The Morgan fingerprint density at radius 3 is 2.71 bits per heavy atom. The number of fused-ring (bicyclic) bond motifs is 1. The Labute approximate surface area is 136 Å². The summed E-state index contributed by atoms with van der Waals surface area (Å²) in [6.07, 6.45) is 0.417. The fourth-order valence-corrected chi connectivity index (χ4v) is 1.87. The summed E-state index contributed by atoms with van der Waals surface area (Å²) in [7, 11) is 0. The number of rotatable bonds is 5. The molecule has 0 aliphatic carbocycles. The first-order chi connectivity index (χ1) is 9.94. The van der Waals surface area contributed by atoms with Crippen molar-refractivity contribution in [3.8, 4) is 0 Å². The highest BCUT2D eigenvalue weighted by molar-refractivity contribution is 6.67. The van der Waals surface area contributed by atoms with Crippen LogP contribution in [0, 0.1) is 0 Å². The van der Waals surface area contributed by atoms with E-state index in [4.69, 9.17) is 39.5 Å². The van der Waals surface area contributed by atoms with Gasteiger partial charge in [-0.1, -0.05) is 46.9 Å². The van der Waals surface area contributed by atoms with Gasteiger partial charge in [0.05, 0.1) is 17.6 Å². The standard InChI is InChI=1S/C13H13Cl3N2O3/c14-13(15,16)8-21-12(19)20-7-3-6-11-17-9-4-1-2-5-10(9)18-11/h1-2,4-5H,3,6-8H2,(H,17,18). The van der Waals surface area contributed by atoms with Gasteiger partial charge in [-0.15, -0.1) is 0 Å².